The Bertz CT molecular complexity index is 1440. The number of pyridine rings is 1. The molecular weight excluding hydrogens is 501 g/mol. The lowest BCUT2D eigenvalue weighted by Gasteiger charge is -2.32. The summed E-state index contributed by atoms with van der Waals surface area (Å²) in [6.45, 7) is 5.16. The number of carbonyl (C=O) groups excluding carboxylic acids is 1. The topological polar surface area (TPSA) is 83.5 Å². The molecule has 0 atom stereocenters. The minimum atomic E-state index is -3.51. The molecule has 1 aliphatic rings. The number of benzene rings is 1. The molecule has 0 unspecified atom stereocenters. The number of rotatable bonds is 6. The van der Waals surface area contributed by atoms with E-state index in [-0.39, 0.29) is 11.8 Å². The first-order valence-corrected chi connectivity index (χ1v) is 14.6. The first-order chi connectivity index (χ1) is 16.8. The fourth-order valence-electron chi connectivity index (χ4n) is 4.49. The maximum absolute atomic E-state index is 13.8. The fraction of sp³-hybridized carbons (Fsp3) is 0.320. The average Bonchev–Trinajstić information content (AvgIpc) is 3.54. The molecule has 1 aromatic carbocycles. The molecule has 0 radical (unpaired) electrons. The second-order valence-electron chi connectivity index (χ2n) is 8.82. The summed E-state index contributed by atoms with van der Waals surface area (Å²) >= 11 is 2.74. The Morgan fingerprint density at radius 3 is 2.57 bits per heavy atom. The Kier molecular flexibility index (Phi) is 6.71. The number of piperidine rings is 1. The zero-order chi connectivity index (χ0) is 24.6. The number of nitrogens with zero attached hydrogens (tertiary/aromatic N) is 4. The third-order valence-electron chi connectivity index (χ3n) is 6.30. The van der Waals surface area contributed by atoms with Crippen LogP contribution in [-0.4, -0.2) is 41.7 Å². The number of hydrogen-bond donors (Lipinski definition) is 0. The van der Waals surface area contributed by atoms with E-state index in [0.717, 1.165) is 26.9 Å². The van der Waals surface area contributed by atoms with Crippen molar-refractivity contribution < 1.29 is 13.2 Å². The molecule has 4 aromatic rings. The second kappa shape index (κ2) is 9.77. The summed E-state index contributed by atoms with van der Waals surface area (Å²) in [5.41, 5.74) is 4.14. The molecule has 0 aliphatic carbocycles. The Labute approximate surface area is 213 Å². The largest absolute Gasteiger partial charge is 0.283 e. The van der Waals surface area contributed by atoms with Crippen molar-refractivity contribution in [1.82, 2.24) is 14.3 Å². The molecule has 0 spiro atoms. The Balaban J connectivity index is 1.40. The molecule has 4 heterocycles. The lowest BCUT2D eigenvalue weighted by molar-refractivity contribution is -0.123. The van der Waals surface area contributed by atoms with Gasteiger partial charge in [-0.15, -0.1) is 11.3 Å². The number of thiophene rings is 1. The van der Waals surface area contributed by atoms with Crippen molar-refractivity contribution in [2.24, 2.45) is 5.92 Å². The van der Waals surface area contributed by atoms with Gasteiger partial charge in [-0.25, -0.2) is 13.4 Å². The predicted octanol–water partition coefficient (Wildman–Crippen LogP) is 5.00. The fourth-order valence-corrected chi connectivity index (χ4v) is 8.25. The van der Waals surface area contributed by atoms with Gasteiger partial charge < -0.3 is 0 Å². The normalized spacial score (nSPS) is 15.5. The van der Waals surface area contributed by atoms with Gasteiger partial charge >= 0.3 is 0 Å². The van der Waals surface area contributed by atoms with Crippen molar-refractivity contribution in [2.45, 2.75) is 37.4 Å². The van der Waals surface area contributed by atoms with Crippen LogP contribution < -0.4 is 4.90 Å². The van der Waals surface area contributed by atoms with Crippen LogP contribution in [0, 0.1) is 19.8 Å². The SMILES string of the molecule is Cc1cc(C)c2nc(N(Cc3ccncc3)C(=O)C3CCN(S(=O)(=O)c4cccs4)CC3)sc2c1. The summed E-state index contributed by atoms with van der Waals surface area (Å²) in [7, 11) is -3.51. The quantitative estimate of drug-likeness (QED) is 0.353. The summed E-state index contributed by atoms with van der Waals surface area (Å²) in [6.07, 6.45) is 4.41. The highest BCUT2D eigenvalue weighted by Gasteiger charge is 2.35. The summed E-state index contributed by atoms with van der Waals surface area (Å²) in [6, 6.07) is 11.4. The third-order valence-corrected chi connectivity index (χ3v) is 10.6. The van der Waals surface area contributed by atoms with Gasteiger partial charge in [0.05, 0.1) is 16.8 Å². The van der Waals surface area contributed by atoms with Gasteiger partial charge in [0.25, 0.3) is 10.0 Å². The molecule has 0 bridgehead atoms. The number of aryl methyl sites for hydroxylation is 2. The van der Waals surface area contributed by atoms with Crippen LogP contribution in [0.2, 0.25) is 0 Å². The van der Waals surface area contributed by atoms with E-state index in [1.165, 1.54) is 27.0 Å². The summed E-state index contributed by atoms with van der Waals surface area (Å²) in [5, 5.41) is 2.44. The molecular formula is C25H26N4O3S3. The monoisotopic (exact) mass is 526 g/mol. The van der Waals surface area contributed by atoms with Crippen LogP contribution in [0.4, 0.5) is 5.13 Å². The van der Waals surface area contributed by atoms with E-state index >= 15 is 0 Å². The van der Waals surface area contributed by atoms with Gasteiger partial charge in [-0.05, 0) is 73.0 Å². The van der Waals surface area contributed by atoms with Gasteiger partial charge in [-0.1, -0.05) is 23.5 Å². The Hall–Kier alpha value is -2.66. The number of aromatic nitrogens is 2. The highest BCUT2D eigenvalue weighted by molar-refractivity contribution is 7.91. The summed E-state index contributed by atoms with van der Waals surface area (Å²) < 4.78 is 28.7. The van der Waals surface area contributed by atoms with E-state index in [1.807, 2.05) is 19.1 Å². The number of thiazole rings is 1. The van der Waals surface area contributed by atoms with Crippen molar-refractivity contribution in [2.75, 3.05) is 18.0 Å². The van der Waals surface area contributed by atoms with Crippen molar-refractivity contribution in [3.63, 3.8) is 0 Å². The van der Waals surface area contributed by atoms with Crippen LogP contribution >= 0.6 is 22.7 Å². The zero-order valence-electron chi connectivity index (χ0n) is 19.5. The van der Waals surface area contributed by atoms with Crippen LogP contribution in [-0.2, 0) is 21.4 Å². The molecule has 3 aromatic heterocycles. The molecule has 182 valence electrons. The second-order valence-corrected chi connectivity index (χ2v) is 12.9. The van der Waals surface area contributed by atoms with E-state index < -0.39 is 10.0 Å². The standard InChI is InChI=1S/C25H26N4O3S3/c1-17-14-18(2)23-21(15-17)34-25(27-23)29(16-19-5-9-26-10-6-19)24(30)20-7-11-28(12-8-20)35(31,32)22-4-3-13-33-22/h3-6,9-10,13-15,20H,7-8,11-12,16H2,1-2H3. The molecule has 5 rings (SSSR count). The van der Waals surface area contributed by atoms with Crippen LogP contribution in [0.5, 0.6) is 0 Å². The number of carbonyl (C=O) groups is 1. The minimum Gasteiger partial charge on any atom is -0.283 e. The van der Waals surface area contributed by atoms with E-state index in [2.05, 4.69) is 24.0 Å². The van der Waals surface area contributed by atoms with Crippen molar-refractivity contribution >= 4 is 54.0 Å². The van der Waals surface area contributed by atoms with Gasteiger partial charge in [-0.2, -0.15) is 4.31 Å². The van der Waals surface area contributed by atoms with Crippen molar-refractivity contribution in [3.05, 3.63) is 70.9 Å². The molecule has 1 saturated heterocycles. The molecule has 0 N–H and O–H groups in total. The Morgan fingerprint density at radius 2 is 1.89 bits per heavy atom. The maximum Gasteiger partial charge on any atom is 0.252 e. The van der Waals surface area contributed by atoms with E-state index in [9.17, 15) is 13.2 Å². The maximum atomic E-state index is 13.8. The third kappa shape index (κ3) is 4.88. The molecule has 0 saturated carbocycles. The zero-order valence-corrected chi connectivity index (χ0v) is 22.0. The number of hydrogen-bond acceptors (Lipinski definition) is 7. The molecule has 1 fully saturated rings. The van der Waals surface area contributed by atoms with Crippen molar-refractivity contribution in [1.29, 1.82) is 0 Å². The minimum absolute atomic E-state index is 0.0107. The number of anilines is 1. The summed E-state index contributed by atoms with van der Waals surface area (Å²) in [5.74, 6) is -0.273. The first-order valence-electron chi connectivity index (χ1n) is 11.4. The predicted molar refractivity (Wildman–Crippen MR) is 140 cm³/mol. The van der Waals surface area contributed by atoms with Gasteiger partial charge in [0.15, 0.2) is 5.13 Å². The lowest BCUT2D eigenvalue weighted by atomic mass is 9.96. The number of sulfonamides is 1. The van der Waals surface area contributed by atoms with Crippen LogP contribution in [0.1, 0.15) is 29.5 Å². The highest BCUT2D eigenvalue weighted by atomic mass is 32.2. The molecule has 35 heavy (non-hydrogen) atoms. The van der Waals surface area contributed by atoms with E-state index in [4.69, 9.17) is 4.98 Å². The molecule has 1 amide bonds. The number of fused-ring (bicyclic) bond motifs is 1. The van der Waals surface area contributed by atoms with E-state index in [1.54, 1.807) is 34.8 Å². The molecule has 10 heteroatoms. The average molecular weight is 527 g/mol. The first kappa shape index (κ1) is 24.1. The van der Waals surface area contributed by atoms with Crippen LogP contribution in [0.15, 0.2) is 58.4 Å². The number of amides is 1. The highest BCUT2D eigenvalue weighted by Crippen LogP contribution is 2.35. The van der Waals surface area contributed by atoms with Crippen LogP contribution in [0.3, 0.4) is 0 Å². The Morgan fingerprint density at radius 1 is 1.14 bits per heavy atom. The van der Waals surface area contributed by atoms with Crippen LogP contribution in [0.25, 0.3) is 10.2 Å². The lowest BCUT2D eigenvalue weighted by Crippen LogP contribution is -2.44. The van der Waals surface area contributed by atoms with Gasteiger partial charge in [0, 0.05) is 31.4 Å². The smallest absolute Gasteiger partial charge is 0.252 e. The van der Waals surface area contributed by atoms with E-state index in [0.29, 0.717) is 41.8 Å². The van der Waals surface area contributed by atoms with Gasteiger partial charge in [-0.3, -0.25) is 14.7 Å². The molecule has 7 nitrogen and oxygen atoms in total. The van der Waals surface area contributed by atoms with Gasteiger partial charge in [0.1, 0.15) is 4.21 Å². The van der Waals surface area contributed by atoms with Gasteiger partial charge in [0.2, 0.25) is 5.91 Å². The molecule has 1 aliphatic heterocycles. The summed E-state index contributed by atoms with van der Waals surface area (Å²) in [4.78, 5) is 24.5. The van der Waals surface area contributed by atoms with Crippen molar-refractivity contribution in [3.8, 4) is 0 Å².